The van der Waals surface area contributed by atoms with Crippen LogP contribution in [0.1, 0.15) is 5.69 Å². The minimum absolute atomic E-state index is 0.254. The Morgan fingerprint density at radius 2 is 2.29 bits per heavy atom. The molecule has 0 aromatic carbocycles. The molecule has 0 saturated carbocycles. The second kappa shape index (κ2) is 8.02. The van der Waals surface area contributed by atoms with Crippen molar-refractivity contribution in [1.29, 1.82) is 0 Å². The molecule has 21 heavy (non-hydrogen) atoms. The fraction of sp³-hybridized carbons (Fsp3) is 0.429. The molecular formula is C14H19N3O3S. The number of carbonyl (C=O) groups excluding carboxylic acids is 1. The van der Waals surface area contributed by atoms with E-state index in [0.717, 1.165) is 22.9 Å². The SMILES string of the molecule is COCCNCc1c(SCC(=O)OC)nc2ccccn12. The second-order valence-electron chi connectivity index (χ2n) is 4.33. The van der Waals surface area contributed by atoms with Crippen molar-refractivity contribution < 1.29 is 14.3 Å². The number of nitrogens with one attached hydrogen (secondary N) is 1. The third-order valence-corrected chi connectivity index (χ3v) is 3.90. The Bertz CT molecular complexity index is 600. The molecule has 0 aliphatic carbocycles. The average molecular weight is 309 g/mol. The summed E-state index contributed by atoms with van der Waals surface area (Å²) in [6.07, 6.45) is 1.97. The molecule has 6 nitrogen and oxygen atoms in total. The van der Waals surface area contributed by atoms with Gasteiger partial charge in [-0.15, -0.1) is 0 Å². The first kappa shape index (κ1) is 15.8. The standard InChI is InChI=1S/C14H19N3O3S/c1-19-8-6-15-9-11-14(21-10-13(18)20-2)16-12-5-3-4-7-17(11)12/h3-5,7,15H,6,8-10H2,1-2H3. The first-order valence-corrected chi connectivity index (χ1v) is 7.60. The Labute approximate surface area is 127 Å². The van der Waals surface area contributed by atoms with Gasteiger partial charge in [-0.05, 0) is 12.1 Å². The van der Waals surface area contributed by atoms with Gasteiger partial charge in [0, 0.05) is 26.4 Å². The molecule has 2 rings (SSSR count). The van der Waals surface area contributed by atoms with Crippen molar-refractivity contribution in [2.24, 2.45) is 0 Å². The molecular weight excluding hydrogens is 290 g/mol. The van der Waals surface area contributed by atoms with Crippen LogP contribution in [0.2, 0.25) is 0 Å². The number of ether oxygens (including phenoxy) is 2. The number of fused-ring (bicyclic) bond motifs is 1. The van der Waals surface area contributed by atoms with Gasteiger partial charge in [0.15, 0.2) is 0 Å². The van der Waals surface area contributed by atoms with Crippen LogP contribution in [0.25, 0.3) is 5.65 Å². The minimum atomic E-state index is -0.254. The number of methoxy groups -OCH3 is 2. The number of carbonyl (C=O) groups is 1. The van der Waals surface area contributed by atoms with Gasteiger partial charge in [-0.1, -0.05) is 17.8 Å². The number of hydrogen-bond donors (Lipinski definition) is 1. The van der Waals surface area contributed by atoms with Crippen molar-refractivity contribution in [2.45, 2.75) is 11.6 Å². The summed E-state index contributed by atoms with van der Waals surface area (Å²) in [5.74, 6) is 0.00110. The van der Waals surface area contributed by atoms with Crippen LogP contribution in [0, 0.1) is 0 Å². The van der Waals surface area contributed by atoms with Crippen molar-refractivity contribution >= 4 is 23.4 Å². The molecule has 0 fully saturated rings. The largest absolute Gasteiger partial charge is 0.468 e. The van der Waals surface area contributed by atoms with E-state index in [1.54, 1.807) is 7.11 Å². The maximum Gasteiger partial charge on any atom is 0.316 e. The number of esters is 1. The number of aromatic nitrogens is 2. The van der Waals surface area contributed by atoms with Crippen LogP contribution >= 0.6 is 11.8 Å². The summed E-state index contributed by atoms with van der Waals surface area (Å²) in [5, 5.41) is 4.15. The molecule has 0 aliphatic heterocycles. The van der Waals surface area contributed by atoms with Crippen molar-refractivity contribution in [3.05, 3.63) is 30.1 Å². The van der Waals surface area contributed by atoms with Crippen LogP contribution in [0.15, 0.2) is 29.4 Å². The predicted molar refractivity (Wildman–Crippen MR) is 81.5 cm³/mol. The van der Waals surface area contributed by atoms with E-state index >= 15 is 0 Å². The molecule has 0 spiro atoms. The average Bonchev–Trinajstić information content (AvgIpc) is 2.87. The maximum atomic E-state index is 11.3. The zero-order chi connectivity index (χ0) is 15.1. The van der Waals surface area contributed by atoms with Gasteiger partial charge in [-0.25, -0.2) is 4.98 Å². The molecule has 2 heterocycles. The van der Waals surface area contributed by atoms with Gasteiger partial charge >= 0.3 is 5.97 Å². The molecule has 2 aromatic rings. The first-order chi connectivity index (χ1) is 10.3. The zero-order valence-corrected chi connectivity index (χ0v) is 13.0. The molecule has 0 saturated heterocycles. The molecule has 0 aliphatic rings. The molecule has 1 N–H and O–H groups in total. The van der Waals surface area contributed by atoms with Gasteiger partial charge in [-0.2, -0.15) is 0 Å². The van der Waals surface area contributed by atoms with Crippen molar-refractivity contribution in [2.75, 3.05) is 33.1 Å². The highest BCUT2D eigenvalue weighted by atomic mass is 32.2. The van der Waals surface area contributed by atoms with Gasteiger partial charge in [-0.3, -0.25) is 4.79 Å². The Morgan fingerprint density at radius 3 is 3.05 bits per heavy atom. The molecule has 0 radical (unpaired) electrons. The van der Waals surface area contributed by atoms with Gasteiger partial charge in [0.2, 0.25) is 0 Å². The Balaban J connectivity index is 2.15. The normalized spacial score (nSPS) is 11.0. The number of pyridine rings is 1. The molecule has 0 bridgehead atoms. The monoisotopic (exact) mass is 309 g/mol. The summed E-state index contributed by atoms with van der Waals surface area (Å²) in [4.78, 5) is 15.9. The van der Waals surface area contributed by atoms with Crippen LogP contribution in [0.3, 0.4) is 0 Å². The summed E-state index contributed by atoms with van der Waals surface area (Å²) >= 11 is 1.39. The van der Waals surface area contributed by atoms with Crippen LogP contribution in [0.4, 0.5) is 0 Å². The smallest absolute Gasteiger partial charge is 0.316 e. The van der Waals surface area contributed by atoms with E-state index < -0.39 is 0 Å². The fourth-order valence-corrected chi connectivity index (χ4v) is 2.74. The maximum absolute atomic E-state index is 11.3. The lowest BCUT2D eigenvalue weighted by atomic mass is 10.4. The molecule has 0 atom stereocenters. The predicted octanol–water partition coefficient (Wildman–Crippen LogP) is 1.34. The highest BCUT2D eigenvalue weighted by Crippen LogP contribution is 2.23. The highest BCUT2D eigenvalue weighted by Gasteiger charge is 2.13. The molecule has 114 valence electrons. The summed E-state index contributed by atoms with van der Waals surface area (Å²) in [6, 6.07) is 5.85. The third-order valence-electron chi connectivity index (χ3n) is 2.92. The number of thioether (sulfide) groups is 1. The van der Waals surface area contributed by atoms with Crippen LogP contribution in [-0.4, -0.2) is 48.5 Å². The van der Waals surface area contributed by atoms with E-state index in [2.05, 4.69) is 15.0 Å². The van der Waals surface area contributed by atoms with E-state index in [0.29, 0.717) is 13.2 Å². The highest BCUT2D eigenvalue weighted by molar-refractivity contribution is 7.99. The zero-order valence-electron chi connectivity index (χ0n) is 12.2. The van der Waals surface area contributed by atoms with Crippen LogP contribution < -0.4 is 5.32 Å². The lowest BCUT2D eigenvalue weighted by Crippen LogP contribution is -2.20. The van der Waals surface area contributed by atoms with Gasteiger partial charge in [0.1, 0.15) is 10.7 Å². The van der Waals surface area contributed by atoms with E-state index in [-0.39, 0.29) is 11.7 Å². The summed E-state index contributed by atoms with van der Waals surface area (Å²) in [7, 11) is 3.06. The Morgan fingerprint density at radius 1 is 1.43 bits per heavy atom. The summed E-state index contributed by atoms with van der Waals surface area (Å²) in [5.41, 5.74) is 1.91. The first-order valence-electron chi connectivity index (χ1n) is 6.61. The number of hydrogen-bond acceptors (Lipinski definition) is 6. The molecule has 7 heteroatoms. The Hall–Kier alpha value is -1.57. The summed E-state index contributed by atoms with van der Waals surface area (Å²) in [6.45, 7) is 2.08. The number of rotatable bonds is 8. The van der Waals surface area contributed by atoms with E-state index in [1.807, 2.05) is 28.8 Å². The van der Waals surface area contributed by atoms with E-state index in [9.17, 15) is 4.79 Å². The number of imidazole rings is 1. The quantitative estimate of drug-likeness (QED) is 0.451. The molecule has 0 unspecified atom stereocenters. The van der Waals surface area contributed by atoms with Gasteiger partial charge < -0.3 is 19.2 Å². The van der Waals surface area contributed by atoms with Crippen molar-refractivity contribution in [1.82, 2.24) is 14.7 Å². The van der Waals surface area contributed by atoms with Crippen LogP contribution in [-0.2, 0) is 20.8 Å². The van der Waals surface area contributed by atoms with Crippen molar-refractivity contribution in [3.63, 3.8) is 0 Å². The van der Waals surface area contributed by atoms with Gasteiger partial charge in [0.05, 0.1) is 25.2 Å². The lowest BCUT2D eigenvalue weighted by molar-refractivity contribution is -0.137. The molecule has 2 aromatic heterocycles. The van der Waals surface area contributed by atoms with Gasteiger partial charge in [0.25, 0.3) is 0 Å². The van der Waals surface area contributed by atoms with Crippen molar-refractivity contribution in [3.8, 4) is 0 Å². The second-order valence-corrected chi connectivity index (χ2v) is 5.29. The van der Waals surface area contributed by atoms with E-state index in [4.69, 9.17) is 4.74 Å². The fourth-order valence-electron chi connectivity index (χ4n) is 1.87. The summed E-state index contributed by atoms with van der Waals surface area (Å²) < 4.78 is 11.7. The molecule has 0 amide bonds. The van der Waals surface area contributed by atoms with Crippen LogP contribution in [0.5, 0.6) is 0 Å². The minimum Gasteiger partial charge on any atom is -0.468 e. The van der Waals surface area contributed by atoms with E-state index in [1.165, 1.54) is 18.9 Å². The Kier molecular flexibility index (Phi) is 6.04. The third kappa shape index (κ3) is 4.20. The lowest BCUT2D eigenvalue weighted by Gasteiger charge is -2.06. The number of nitrogens with zero attached hydrogens (tertiary/aromatic N) is 2. The topological polar surface area (TPSA) is 64.9 Å².